The van der Waals surface area contributed by atoms with Crippen LogP contribution >= 0.6 is 15.9 Å². The average molecular weight is 362 g/mol. The van der Waals surface area contributed by atoms with E-state index in [1.807, 2.05) is 0 Å². The van der Waals surface area contributed by atoms with Gasteiger partial charge in [0.1, 0.15) is 0 Å². The predicted molar refractivity (Wildman–Crippen MR) is 76.6 cm³/mol. The van der Waals surface area contributed by atoms with Crippen LogP contribution in [0.3, 0.4) is 0 Å². The van der Waals surface area contributed by atoms with Crippen molar-refractivity contribution in [1.29, 1.82) is 0 Å². The van der Waals surface area contributed by atoms with E-state index >= 15 is 0 Å². The van der Waals surface area contributed by atoms with E-state index in [1.165, 1.54) is 29.1 Å². The molecule has 0 aliphatic heterocycles. The Morgan fingerprint density at radius 2 is 2.19 bits per heavy atom. The number of hydrogen-bond donors (Lipinski definition) is 1. The first-order valence-corrected chi connectivity index (χ1v) is 6.64. The molecule has 1 heterocycles. The Labute approximate surface area is 127 Å². The molecule has 0 aliphatic rings. The number of nitrogens with zero attached hydrogens (tertiary/aromatic N) is 2. The summed E-state index contributed by atoms with van der Waals surface area (Å²) in [6, 6.07) is 4.38. The molecule has 2 aromatic rings. The number of ether oxygens (including phenoxy) is 1. The van der Waals surface area contributed by atoms with Gasteiger partial charge >= 0.3 is 6.36 Å². The van der Waals surface area contributed by atoms with E-state index in [0.717, 1.165) is 0 Å². The smallest absolute Gasteiger partial charge is 0.403 e. The molecular formula is C13H11BrF3N3O. The number of imidazole rings is 1. The summed E-state index contributed by atoms with van der Waals surface area (Å²) in [7, 11) is 0. The van der Waals surface area contributed by atoms with Crippen molar-refractivity contribution in [3.05, 3.63) is 47.7 Å². The van der Waals surface area contributed by atoms with Crippen LogP contribution in [0, 0.1) is 0 Å². The highest BCUT2D eigenvalue weighted by molar-refractivity contribution is 9.10. The zero-order valence-electron chi connectivity index (χ0n) is 10.7. The standard InChI is InChI=1S/C13H11BrF3N3O/c1-2-5-18-12-19-6-7-20(12)10-4-3-9(14)8-11(10)21-13(15,16)17/h2-4,6-8H,1,5H2,(H,18,19). The van der Waals surface area contributed by atoms with Gasteiger partial charge in [-0.2, -0.15) is 0 Å². The molecule has 112 valence electrons. The predicted octanol–water partition coefficient (Wildman–Crippen LogP) is 4.13. The van der Waals surface area contributed by atoms with Crippen LogP contribution in [0.15, 0.2) is 47.7 Å². The van der Waals surface area contributed by atoms with Gasteiger partial charge in [0.25, 0.3) is 0 Å². The van der Waals surface area contributed by atoms with Crippen molar-refractivity contribution in [2.45, 2.75) is 6.36 Å². The first-order chi connectivity index (χ1) is 9.90. The summed E-state index contributed by atoms with van der Waals surface area (Å²) in [5.41, 5.74) is 0.222. The summed E-state index contributed by atoms with van der Waals surface area (Å²) in [5, 5.41) is 2.93. The van der Waals surface area contributed by atoms with E-state index in [1.54, 1.807) is 12.1 Å². The lowest BCUT2D eigenvalue weighted by Crippen LogP contribution is -2.18. The fourth-order valence-corrected chi connectivity index (χ4v) is 2.03. The van der Waals surface area contributed by atoms with E-state index in [4.69, 9.17) is 0 Å². The van der Waals surface area contributed by atoms with Gasteiger partial charge in [-0.05, 0) is 18.2 Å². The molecule has 0 bridgehead atoms. The maximum atomic E-state index is 12.5. The molecule has 0 unspecified atom stereocenters. The monoisotopic (exact) mass is 361 g/mol. The topological polar surface area (TPSA) is 39.1 Å². The molecule has 0 spiro atoms. The molecule has 0 aliphatic carbocycles. The minimum Gasteiger partial charge on any atom is -0.403 e. The Morgan fingerprint density at radius 3 is 2.86 bits per heavy atom. The maximum absolute atomic E-state index is 12.5. The molecular weight excluding hydrogens is 351 g/mol. The fraction of sp³-hybridized carbons (Fsp3) is 0.154. The maximum Gasteiger partial charge on any atom is 0.573 e. The minimum absolute atomic E-state index is 0.222. The van der Waals surface area contributed by atoms with Gasteiger partial charge in [0.2, 0.25) is 5.95 Å². The summed E-state index contributed by atoms with van der Waals surface area (Å²) < 4.78 is 43.5. The molecule has 0 radical (unpaired) electrons. The number of nitrogens with one attached hydrogen (secondary N) is 1. The molecule has 0 atom stereocenters. The Bertz CT molecular complexity index is 640. The van der Waals surface area contributed by atoms with Crippen molar-refractivity contribution in [1.82, 2.24) is 9.55 Å². The van der Waals surface area contributed by atoms with E-state index in [9.17, 15) is 13.2 Å². The average Bonchev–Trinajstić information content (AvgIpc) is 2.82. The molecule has 4 nitrogen and oxygen atoms in total. The van der Waals surface area contributed by atoms with Gasteiger partial charge in [0, 0.05) is 23.4 Å². The lowest BCUT2D eigenvalue weighted by Gasteiger charge is -2.16. The van der Waals surface area contributed by atoms with Crippen molar-refractivity contribution >= 4 is 21.9 Å². The SMILES string of the molecule is C=CCNc1nccn1-c1ccc(Br)cc1OC(F)(F)F. The third-order valence-corrected chi connectivity index (χ3v) is 2.95. The van der Waals surface area contributed by atoms with Crippen molar-refractivity contribution < 1.29 is 17.9 Å². The highest BCUT2D eigenvalue weighted by atomic mass is 79.9. The van der Waals surface area contributed by atoms with E-state index in [0.29, 0.717) is 17.0 Å². The first-order valence-electron chi connectivity index (χ1n) is 5.84. The van der Waals surface area contributed by atoms with Gasteiger partial charge < -0.3 is 10.1 Å². The van der Waals surface area contributed by atoms with Crippen LogP contribution in [0.5, 0.6) is 5.75 Å². The number of halogens is 4. The molecule has 0 amide bonds. The lowest BCUT2D eigenvalue weighted by atomic mass is 10.3. The van der Waals surface area contributed by atoms with Crippen LogP contribution in [-0.4, -0.2) is 22.5 Å². The Balaban J connectivity index is 2.43. The van der Waals surface area contributed by atoms with Gasteiger partial charge in [-0.15, -0.1) is 19.8 Å². The molecule has 0 saturated heterocycles. The normalized spacial score (nSPS) is 11.2. The highest BCUT2D eigenvalue weighted by Gasteiger charge is 2.32. The first kappa shape index (κ1) is 15.4. The van der Waals surface area contributed by atoms with E-state index < -0.39 is 6.36 Å². The summed E-state index contributed by atoms with van der Waals surface area (Å²) >= 11 is 3.13. The van der Waals surface area contributed by atoms with Crippen molar-refractivity contribution in [3.63, 3.8) is 0 Å². The molecule has 21 heavy (non-hydrogen) atoms. The number of benzene rings is 1. The number of rotatable bonds is 5. The number of anilines is 1. The van der Waals surface area contributed by atoms with E-state index in [-0.39, 0.29) is 11.4 Å². The second-order valence-corrected chi connectivity index (χ2v) is 4.87. The van der Waals surface area contributed by atoms with Crippen LogP contribution in [0.25, 0.3) is 5.69 Å². The third kappa shape index (κ3) is 4.01. The summed E-state index contributed by atoms with van der Waals surface area (Å²) in [5.74, 6) is 0.0702. The van der Waals surface area contributed by atoms with Crippen LogP contribution < -0.4 is 10.1 Å². The lowest BCUT2D eigenvalue weighted by molar-refractivity contribution is -0.274. The summed E-state index contributed by atoms with van der Waals surface area (Å²) in [6.07, 6.45) is -0.138. The summed E-state index contributed by atoms with van der Waals surface area (Å²) in [4.78, 5) is 4.05. The van der Waals surface area contributed by atoms with Gasteiger partial charge in [0.05, 0.1) is 5.69 Å². The zero-order chi connectivity index (χ0) is 15.5. The van der Waals surface area contributed by atoms with Crippen LogP contribution in [0.1, 0.15) is 0 Å². The summed E-state index contributed by atoms with van der Waals surface area (Å²) in [6.45, 7) is 3.99. The molecule has 1 aromatic heterocycles. The Morgan fingerprint density at radius 1 is 1.43 bits per heavy atom. The Hall–Kier alpha value is -1.96. The fourth-order valence-electron chi connectivity index (χ4n) is 1.69. The largest absolute Gasteiger partial charge is 0.573 e. The zero-order valence-corrected chi connectivity index (χ0v) is 12.3. The van der Waals surface area contributed by atoms with E-state index in [2.05, 4.69) is 37.5 Å². The van der Waals surface area contributed by atoms with Crippen molar-refractivity contribution in [3.8, 4) is 11.4 Å². The molecule has 1 N–H and O–H groups in total. The quantitative estimate of drug-likeness (QED) is 0.813. The number of aromatic nitrogens is 2. The Kier molecular flexibility index (Phi) is 4.56. The van der Waals surface area contributed by atoms with Crippen molar-refractivity contribution in [2.24, 2.45) is 0 Å². The van der Waals surface area contributed by atoms with Gasteiger partial charge in [-0.1, -0.05) is 22.0 Å². The molecule has 0 saturated carbocycles. The van der Waals surface area contributed by atoms with Crippen molar-refractivity contribution in [2.75, 3.05) is 11.9 Å². The molecule has 8 heteroatoms. The van der Waals surface area contributed by atoms with Gasteiger partial charge in [0.15, 0.2) is 5.75 Å². The minimum atomic E-state index is -4.77. The molecule has 0 fully saturated rings. The van der Waals surface area contributed by atoms with Crippen LogP contribution in [-0.2, 0) is 0 Å². The highest BCUT2D eigenvalue weighted by Crippen LogP contribution is 2.33. The van der Waals surface area contributed by atoms with Crippen LogP contribution in [0.4, 0.5) is 19.1 Å². The molecule has 2 rings (SSSR count). The second kappa shape index (κ2) is 6.21. The van der Waals surface area contributed by atoms with Gasteiger partial charge in [-0.25, -0.2) is 4.98 Å². The number of hydrogen-bond acceptors (Lipinski definition) is 3. The van der Waals surface area contributed by atoms with Gasteiger partial charge in [-0.3, -0.25) is 4.57 Å². The molecule has 1 aromatic carbocycles. The van der Waals surface area contributed by atoms with Crippen LogP contribution in [0.2, 0.25) is 0 Å². The second-order valence-electron chi connectivity index (χ2n) is 3.95. The number of alkyl halides is 3. The third-order valence-electron chi connectivity index (χ3n) is 2.45.